The Morgan fingerprint density at radius 2 is 0.638 bits per heavy atom. The molecule has 2 aromatic carbocycles. The quantitative estimate of drug-likeness (QED) is 0.0736. The fourth-order valence-electron chi connectivity index (χ4n) is 7.34. The van der Waals surface area contributed by atoms with E-state index in [2.05, 4.69) is 124 Å². The molecule has 0 fully saturated rings. The van der Waals surface area contributed by atoms with E-state index < -0.39 is 0 Å². The zero-order chi connectivity index (χ0) is 42.9. The average Bonchev–Trinajstić information content (AvgIpc) is 3.17. The van der Waals surface area contributed by atoms with E-state index >= 15 is 0 Å². The van der Waals surface area contributed by atoms with Crippen LogP contribution in [0.3, 0.4) is 0 Å². The molecule has 0 spiro atoms. The lowest BCUT2D eigenvalue weighted by Gasteiger charge is -2.13. The maximum absolute atomic E-state index is 10.9. The van der Waals surface area contributed by atoms with Crippen LogP contribution in [-0.2, 0) is 6.42 Å². The van der Waals surface area contributed by atoms with Crippen molar-refractivity contribution in [1.29, 1.82) is 0 Å². The van der Waals surface area contributed by atoms with E-state index in [4.69, 9.17) is 0 Å². The minimum atomic E-state index is 0.267. The molecule has 0 aromatic heterocycles. The smallest absolute Gasteiger partial charge is 0.127 e. The largest absolute Gasteiger partial charge is 0.507 e. The summed E-state index contributed by atoms with van der Waals surface area (Å²) in [7, 11) is 0. The molecular formula is C56H82O2. The van der Waals surface area contributed by atoms with E-state index in [0.717, 1.165) is 94.6 Å². The van der Waals surface area contributed by atoms with Crippen LogP contribution in [0.2, 0.25) is 0 Å². The van der Waals surface area contributed by atoms with Crippen LogP contribution >= 0.6 is 0 Å². The molecule has 0 aliphatic heterocycles. The van der Waals surface area contributed by atoms with Crippen LogP contribution in [-0.4, -0.2) is 10.2 Å². The zero-order valence-electron chi connectivity index (χ0n) is 38.9. The summed E-state index contributed by atoms with van der Waals surface area (Å²) in [4.78, 5) is 0. The average molecular weight is 787 g/mol. The van der Waals surface area contributed by atoms with Gasteiger partial charge in [0.05, 0.1) is 0 Å². The summed E-state index contributed by atoms with van der Waals surface area (Å²) in [6.07, 6.45) is 40.3. The molecule has 2 rings (SSSR count). The van der Waals surface area contributed by atoms with Crippen molar-refractivity contribution in [2.24, 2.45) is 0 Å². The molecule has 0 atom stereocenters. The Morgan fingerprint density at radius 3 is 0.931 bits per heavy atom. The van der Waals surface area contributed by atoms with Crippen LogP contribution in [0.1, 0.15) is 183 Å². The van der Waals surface area contributed by atoms with Gasteiger partial charge in [-0.1, -0.05) is 129 Å². The van der Waals surface area contributed by atoms with Gasteiger partial charge in [-0.3, -0.25) is 0 Å². The highest BCUT2D eigenvalue weighted by Gasteiger charge is 2.14. The van der Waals surface area contributed by atoms with Crippen molar-refractivity contribution < 1.29 is 10.2 Å². The molecule has 2 aromatic rings. The Kier molecular flexibility index (Phi) is 24.5. The monoisotopic (exact) mass is 787 g/mol. The molecule has 0 aliphatic carbocycles. The summed E-state index contributed by atoms with van der Waals surface area (Å²) in [5, 5.41) is 23.0. The fraction of sp³-hybridized carbons (Fsp3) is 0.500. The maximum Gasteiger partial charge on any atom is 0.127 e. The molecule has 0 unspecified atom stereocenters. The number of allylic oxidation sites excluding steroid dienone is 18. The summed E-state index contributed by atoms with van der Waals surface area (Å²) in [5.41, 5.74) is 14.8. The van der Waals surface area contributed by atoms with Gasteiger partial charge in [0, 0.05) is 16.3 Å². The summed E-state index contributed by atoms with van der Waals surface area (Å²) < 4.78 is 0. The van der Waals surface area contributed by atoms with E-state index in [-0.39, 0.29) is 11.5 Å². The Morgan fingerprint density at radius 1 is 0.379 bits per heavy atom. The molecule has 58 heavy (non-hydrogen) atoms. The highest BCUT2D eigenvalue weighted by molar-refractivity contribution is 5.95. The summed E-state index contributed by atoms with van der Waals surface area (Å²) >= 11 is 0. The van der Waals surface area contributed by atoms with Gasteiger partial charge < -0.3 is 10.2 Å². The maximum atomic E-state index is 10.9. The first kappa shape index (κ1) is 50.1. The van der Waals surface area contributed by atoms with Gasteiger partial charge in [0.15, 0.2) is 0 Å². The van der Waals surface area contributed by atoms with Gasteiger partial charge in [0.1, 0.15) is 11.5 Å². The van der Waals surface area contributed by atoms with E-state index in [1.54, 1.807) is 0 Å². The van der Waals surface area contributed by atoms with Crippen molar-refractivity contribution in [1.82, 2.24) is 0 Å². The van der Waals surface area contributed by atoms with E-state index in [9.17, 15) is 10.2 Å². The van der Waals surface area contributed by atoms with Gasteiger partial charge in [-0.15, -0.1) is 0 Å². The van der Waals surface area contributed by atoms with Crippen molar-refractivity contribution in [2.45, 2.75) is 185 Å². The Bertz CT molecular complexity index is 1850. The summed E-state index contributed by atoms with van der Waals surface area (Å²) in [5.74, 6) is 0.548. The number of fused-ring (bicyclic) bond motifs is 1. The minimum Gasteiger partial charge on any atom is -0.507 e. The van der Waals surface area contributed by atoms with Crippen molar-refractivity contribution in [3.63, 3.8) is 0 Å². The van der Waals surface area contributed by atoms with Crippen LogP contribution in [0.15, 0.2) is 129 Å². The summed E-state index contributed by atoms with van der Waals surface area (Å²) in [6.45, 7) is 24.4. The topological polar surface area (TPSA) is 40.5 Å². The molecule has 0 aliphatic rings. The van der Waals surface area contributed by atoms with Crippen LogP contribution in [0.25, 0.3) is 10.8 Å². The molecule has 0 saturated heterocycles. The second-order valence-corrected chi connectivity index (χ2v) is 17.5. The van der Waals surface area contributed by atoms with Crippen LogP contribution in [0, 0.1) is 6.92 Å². The molecular weight excluding hydrogens is 705 g/mol. The third-order valence-electron chi connectivity index (χ3n) is 11.5. The predicted octanol–water partition coefficient (Wildman–Crippen LogP) is 17.9. The van der Waals surface area contributed by atoms with E-state index in [1.807, 2.05) is 31.2 Å². The molecule has 318 valence electrons. The molecule has 0 heterocycles. The second kappa shape index (κ2) is 28.4. The first-order valence-corrected chi connectivity index (χ1v) is 22.5. The number of benzene rings is 2. The first-order valence-electron chi connectivity index (χ1n) is 22.5. The van der Waals surface area contributed by atoms with Gasteiger partial charge >= 0.3 is 0 Å². The molecule has 0 amide bonds. The van der Waals surface area contributed by atoms with Crippen LogP contribution in [0.4, 0.5) is 0 Å². The SMILES string of the molecule is CC(C)=CCC/C(C)=C\CC/C(C)=C\CC/C(C)=C/CC/C(C)=C/CC/C(C)=C/CC/C(C)=C\CC/C(C)=C\CC/C(C)=C\Cc1c(C)c(O)c2ccccc2c1O. The number of phenolic OH excluding ortho intramolecular Hbond substituents is 2. The molecule has 2 heteroatoms. The van der Waals surface area contributed by atoms with Crippen molar-refractivity contribution in [3.05, 3.63) is 140 Å². The first-order chi connectivity index (χ1) is 27.7. The molecule has 0 bridgehead atoms. The highest BCUT2D eigenvalue weighted by atomic mass is 16.3. The van der Waals surface area contributed by atoms with Gasteiger partial charge in [0.2, 0.25) is 0 Å². The van der Waals surface area contributed by atoms with Crippen molar-refractivity contribution in [3.8, 4) is 11.5 Å². The van der Waals surface area contributed by atoms with E-state index in [0.29, 0.717) is 17.2 Å². The van der Waals surface area contributed by atoms with Crippen LogP contribution < -0.4 is 0 Å². The lowest BCUT2D eigenvalue weighted by molar-refractivity contribution is 0.461. The molecule has 0 saturated carbocycles. The van der Waals surface area contributed by atoms with Gasteiger partial charge in [-0.05, 0) is 191 Å². The second-order valence-electron chi connectivity index (χ2n) is 17.5. The number of phenols is 2. The van der Waals surface area contributed by atoms with E-state index in [1.165, 1.54) is 69.4 Å². The summed E-state index contributed by atoms with van der Waals surface area (Å²) in [6, 6.07) is 7.50. The Hall–Kier alpha value is -4.04. The lowest BCUT2D eigenvalue weighted by atomic mass is 9.95. The Labute approximate surface area is 356 Å². The van der Waals surface area contributed by atoms with Gasteiger partial charge in [0.25, 0.3) is 0 Å². The molecule has 2 N–H and O–H groups in total. The van der Waals surface area contributed by atoms with Gasteiger partial charge in [-0.2, -0.15) is 0 Å². The lowest BCUT2D eigenvalue weighted by Crippen LogP contribution is -1.92. The number of rotatable bonds is 26. The minimum absolute atomic E-state index is 0.267. The fourth-order valence-corrected chi connectivity index (χ4v) is 7.34. The molecule has 0 radical (unpaired) electrons. The van der Waals surface area contributed by atoms with Crippen molar-refractivity contribution in [2.75, 3.05) is 0 Å². The van der Waals surface area contributed by atoms with Crippen LogP contribution in [0.5, 0.6) is 11.5 Å². The predicted molar refractivity (Wildman–Crippen MR) is 259 cm³/mol. The number of hydrogen-bond acceptors (Lipinski definition) is 2. The van der Waals surface area contributed by atoms with Crippen molar-refractivity contribution >= 4 is 10.8 Å². The third kappa shape index (κ3) is 21.1. The third-order valence-corrected chi connectivity index (χ3v) is 11.5. The number of aromatic hydroxyl groups is 2. The number of hydrogen-bond donors (Lipinski definition) is 2. The highest BCUT2D eigenvalue weighted by Crippen LogP contribution is 2.39. The normalized spacial score (nSPS) is 14.2. The Balaban J connectivity index is 1.61. The molecule has 2 nitrogen and oxygen atoms in total. The standard InChI is InChI=1S/C56H82O2/c1-42(2)22-14-23-43(3)24-15-25-44(4)26-16-27-45(5)28-17-29-46(6)30-18-31-47(7)32-19-33-48(8)34-20-35-49(9)36-21-37-50(10)40-41-52-51(11)55(57)53-38-12-13-39-54(53)56(52)58/h12-13,22,24,26,28,30,32,34,36,38-40,57-58H,14-21,23,25,27,29,31,33,35,37,41H2,1-11H3/b43-24-,44-26-,45-28+,46-30+,47-32+,48-34-,49-36-,50-40-. The van der Waals surface area contributed by atoms with Gasteiger partial charge in [-0.25, -0.2) is 0 Å². The zero-order valence-corrected chi connectivity index (χ0v) is 38.9.